The van der Waals surface area contributed by atoms with Crippen molar-refractivity contribution >= 4 is 35.1 Å². The minimum atomic E-state index is -0.731. The lowest BCUT2D eigenvalue weighted by Crippen LogP contribution is -2.31. The van der Waals surface area contributed by atoms with Crippen LogP contribution in [0.1, 0.15) is 48.0 Å². The molecule has 3 aromatic carbocycles. The van der Waals surface area contributed by atoms with Gasteiger partial charge in [-0.05, 0) is 68.0 Å². The topological polar surface area (TPSA) is 102 Å². The minimum Gasteiger partial charge on any atom is -0.492 e. The van der Waals surface area contributed by atoms with Gasteiger partial charge in [-0.15, -0.1) is 0 Å². The number of esters is 1. The molecule has 5 rings (SSSR count). The van der Waals surface area contributed by atoms with E-state index >= 15 is 0 Å². The van der Waals surface area contributed by atoms with Crippen LogP contribution in [0.3, 0.4) is 0 Å². The number of rotatable bonds is 8. The van der Waals surface area contributed by atoms with Crippen LogP contribution in [0.4, 0.5) is 11.4 Å². The molecule has 8 heteroatoms. The standard InChI is InChI=1S/C31H30N2O6/c1-2-38-27-14-7-6-13-26(27)32-28(34)19-39-31(37)22-11-8-12-23(17-22)33-29(35)24-16-15-21(18-25(24)30(33)36)20-9-4-3-5-10-20/h3-14,17,21,24-25H,2,15-16,18-19H2,1H3,(H,32,34)/t21-,24-,25+/m1/s1. The van der Waals surface area contributed by atoms with Gasteiger partial charge in [0.15, 0.2) is 6.61 Å². The Bertz CT molecular complexity index is 1390. The highest BCUT2D eigenvalue weighted by molar-refractivity contribution is 6.22. The van der Waals surface area contributed by atoms with Crippen molar-refractivity contribution < 1.29 is 28.7 Å². The molecule has 1 heterocycles. The second-order valence-electron chi connectivity index (χ2n) is 9.75. The number of fused-ring (bicyclic) bond motifs is 1. The molecule has 1 saturated carbocycles. The molecule has 1 aliphatic carbocycles. The maximum atomic E-state index is 13.4. The molecular formula is C31H30N2O6. The maximum Gasteiger partial charge on any atom is 0.338 e. The van der Waals surface area contributed by atoms with E-state index < -0.39 is 18.5 Å². The monoisotopic (exact) mass is 526 g/mol. The van der Waals surface area contributed by atoms with Crippen molar-refractivity contribution in [1.82, 2.24) is 0 Å². The third kappa shape index (κ3) is 5.55. The lowest BCUT2D eigenvalue weighted by molar-refractivity contribution is -0.122. The molecule has 2 fully saturated rings. The average Bonchev–Trinajstić information content (AvgIpc) is 3.22. The largest absolute Gasteiger partial charge is 0.492 e. The van der Waals surface area contributed by atoms with E-state index in [0.29, 0.717) is 36.6 Å². The zero-order chi connectivity index (χ0) is 27.4. The predicted octanol–water partition coefficient (Wildman–Crippen LogP) is 4.95. The SMILES string of the molecule is CCOc1ccccc1NC(=O)COC(=O)c1cccc(N2C(=O)[C@H]3C[C@H](c4ccccc4)CC[C@H]3C2=O)c1. The van der Waals surface area contributed by atoms with Gasteiger partial charge in [0, 0.05) is 0 Å². The molecule has 1 saturated heterocycles. The average molecular weight is 527 g/mol. The molecule has 3 amide bonds. The van der Waals surface area contributed by atoms with Gasteiger partial charge < -0.3 is 14.8 Å². The Hall–Kier alpha value is -4.46. The Morgan fingerprint density at radius 1 is 0.897 bits per heavy atom. The fourth-order valence-corrected chi connectivity index (χ4v) is 5.49. The molecule has 3 aromatic rings. The van der Waals surface area contributed by atoms with Gasteiger partial charge in [0.2, 0.25) is 11.8 Å². The molecule has 0 radical (unpaired) electrons. The Morgan fingerprint density at radius 2 is 1.64 bits per heavy atom. The minimum absolute atomic E-state index is 0.146. The number of anilines is 2. The molecule has 39 heavy (non-hydrogen) atoms. The van der Waals surface area contributed by atoms with Crippen LogP contribution in [0.25, 0.3) is 0 Å². The lowest BCUT2D eigenvalue weighted by Gasteiger charge is -2.28. The Morgan fingerprint density at radius 3 is 2.44 bits per heavy atom. The zero-order valence-electron chi connectivity index (χ0n) is 21.7. The summed E-state index contributed by atoms with van der Waals surface area (Å²) in [5, 5.41) is 2.67. The Kier molecular flexibility index (Phi) is 7.72. The molecule has 0 unspecified atom stereocenters. The van der Waals surface area contributed by atoms with Gasteiger partial charge in [0.05, 0.1) is 35.4 Å². The summed E-state index contributed by atoms with van der Waals surface area (Å²) < 4.78 is 10.7. The highest BCUT2D eigenvalue weighted by atomic mass is 16.5. The predicted molar refractivity (Wildman–Crippen MR) is 145 cm³/mol. The number of carbonyl (C=O) groups excluding carboxylic acids is 4. The van der Waals surface area contributed by atoms with E-state index in [9.17, 15) is 19.2 Å². The molecule has 3 atom stereocenters. The van der Waals surface area contributed by atoms with E-state index in [0.717, 1.165) is 6.42 Å². The first-order valence-electron chi connectivity index (χ1n) is 13.2. The summed E-state index contributed by atoms with van der Waals surface area (Å²) in [4.78, 5) is 53.0. The van der Waals surface area contributed by atoms with E-state index in [1.807, 2.05) is 25.1 Å². The molecular weight excluding hydrogens is 496 g/mol. The van der Waals surface area contributed by atoms with Crippen molar-refractivity contribution in [2.24, 2.45) is 11.8 Å². The summed E-state index contributed by atoms with van der Waals surface area (Å²) in [6.45, 7) is 1.78. The quantitative estimate of drug-likeness (QED) is 0.329. The summed E-state index contributed by atoms with van der Waals surface area (Å²) in [7, 11) is 0. The first kappa shape index (κ1) is 26.2. The van der Waals surface area contributed by atoms with E-state index in [2.05, 4.69) is 17.4 Å². The normalized spacial score (nSPS) is 20.3. The van der Waals surface area contributed by atoms with Crippen LogP contribution in [0, 0.1) is 11.8 Å². The Balaban J connectivity index is 1.23. The van der Waals surface area contributed by atoms with E-state index in [4.69, 9.17) is 9.47 Å². The van der Waals surface area contributed by atoms with Crippen LogP contribution in [0.2, 0.25) is 0 Å². The van der Waals surface area contributed by atoms with Crippen LogP contribution in [0.15, 0.2) is 78.9 Å². The number of nitrogens with one attached hydrogen (secondary N) is 1. The fraction of sp³-hybridized carbons (Fsp3) is 0.290. The van der Waals surface area contributed by atoms with Crippen LogP contribution >= 0.6 is 0 Å². The van der Waals surface area contributed by atoms with Crippen molar-refractivity contribution in [1.29, 1.82) is 0 Å². The summed E-state index contributed by atoms with van der Waals surface area (Å²) in [6.07, 6.45) is 2.12. The van der Waals surface area contributed by atoms with E-state index in [1.54, 1.807) is 36.4 Å². The maximum absolute atomic E-state index is 13.4. The number of para-hydroxylation sites is 2. The number of imide groups is 1. The van der Waals surface area contributed by atoms with Crippen molar-refractivity contribution in [2.45, 2.75) is 32.1 Å². The number of benzene rings is 3. The van der Waals surface area contributed by atoms with Crippen molar-refractivity contribution in [3.63, 3.8) is 0 Å². The van der Waals surface area contributed by atoms with E-state index in [1.165, 1.54) is 22.6 Å². The van der Waals surface area contributed by atoms with Gasteiger partial charge >= 0.3 is 5.97 Å². The first-order valence-corrected chi connectivity index (χ1v) is 13.2. The van der Waals surface area contributed by atoms with Crippen LogP contribution < -0.4 is 15.0 Å². The Labute approximate surface area is 226 Å². The smallest absolute Gasteiger partial charge is 0.338 e. The summed E-state index contributed by atoms with van der Waals surface area (Å²) in [5.74, 6) is -1.69. The molecule has 0 bridgehead atoms. The van der Waals surface area contributed by atoms with Crippen LogP contribution in [-0.4, -0.2) is 36.9 Å². The summed E-state index contributed by atoms with van der Waals surface area (Å²) in [5.41, 5.74) is 2.14. The van der Waals surface area contributed by atoms with Crippen LogP contribution in [0.5, 0.6) is 5.75 Å². The lowest BCUT2D eigenvalue weighted by atomic mass is 9.73. The number of nitrogens with zero attached hydrogens (tertiary/aromatic N) is 1. The van der Waals surface area contributed by atoms with E-state index in [-0.39, 0.29) is 35.1 Å². The molecule has 0 aromatic heterocycles. The second-order valence-corrected chi connectivity index (χ2v) is 9.75. The van der Waals surface area contributed by atoms with Crippen molar-refractivity contribution in [3.8, 4) is 5.75 Å². The van der Waals surface area contributed by atoms with Crippen molar-refractivity contribution in [3.05, 3.63) is 90.0 Å². The first-order chi connectivity index (χ1) is 19.0. The molecule has 2 aliphatic rings. The summed E-state index contributed by atoms with van der Waals surface area (Å²) in [6, 6.07) is 23.3. The van der Waals surface area contributed by atoms with Crippen LogP contribution in [-0.2, 0) is 19.1 Å². The zero-order valence-corrected chi connectivity index (χ0v) is 21.7. The van der Waals surface area contributed by atoms with Gasteiger partial charge in [0.25, 0.3) is 5.91 Å². The number of hydrogen-bond acceptors (Lipinski definition) is 6. The number of carbonyl (C=O) groups is 4. The summed E-state index contributed by atoms with van der Waals surface area (Å²) >= 11 is 0. The molecule has 8 nitrogen and oxygen atoms in total. The van der Waals surface area contributed by atoms with Gasteiger partial charge in [-0.1, -0.05) is 48.5 Å². The number of amides is 3. The molecule has 1 N–H and O–H groups in total. The fourth-order valence-electron chi connectivity index (χ4n) is 5.49. The highest BCUT2D eigenvalue weighted by Gasteiger charge is 2.50. The molecule has 0 spiro atoms. The third-order valence-corrected chi connectivity index (χ3v) is 7.33. The molecule has 200 valence electrons. The molecule has 1 aliphatic heterocycles. The van der Waals surface area contributed by atoms with Gasteiger partial charge in [-0.25, -0.2) is 4.79 Å². The number of ether oxygens (including phenoxy) is 2. The van der Waals surface area contributed by atoms with Crippen molar-refractivity contribution in [2.75, 3.05) is 23.4 Å². The van der Waals surface area contributed by atoms with Gasteiger partial charge in [-0.2, -0.15) is 0 Å². The van der Waals surface area contributed by atoms with Gasteiger partial charge in [-0.3, -0.25) is 19.3 Å². The third-order valence-electron chi connectivity index (χ3n) is 7.33. The highest BCUT2D eigenvalue weighted by Crippen LogP contribution is 2.45. The van der Waals surface area contributed by atoms with Gasteiger partial charge in [0.1, 0.15) is 5.75 Å². The number of hydrogen-bond donors (Lipinski definition) is 1. The second kappa shape index (κ2) is 11.5.